The van der Waals surface area contributed by atoms with E-state index < -0.39 is 0 Å². The van der Waals surface area contributed by atoms with E-state index in [0.717, 1.165) is 12.2 Å². The number of carbonyl (C=O) groups is 1. The van der Waals surface area contributed by atoms with Crippen LogP contribution in [0.5, 0.6) is 0 Å². The maximum atomic E-state index is 11.8. The quantitative estimate of drug-likeness (QED) is 0.771. The second-order valence-corrected chi connectivity index (χ2v) is 6.61. The maximum absolute atomic E-state index is 11.8. The van der Waals surface area contributed by atoms with Gasteiger partial charge in [0.25, 0.3) is 0 Å². The minimum Gasteiger partial charge on any atom is -0.325 e. The van der Waals surface area contributed by atoms with Gasteiger partial charge >= 0.3 is 0 Å². The van der Waals surface area contributed by atoms with Gasteiger partial charge in [0.05, 0.1) is 11.3 Å². The molecule has 1 atom stereocenters. The molecule has 0 bridgehead atoms. The van der Waals surface area contributed by atoms with E-state index in [0.29, 0.717) is 28.8 Å². The Balaban J connectivity index is 2.32. The Labute approximate surface area is 125 Å². The topological polar surface area (TPSA) is 52.9 Å². The molecule has 1 unspecified atom stereocenters. The van der Waals surface area contributed by atoms with Crippen molar-refractivity contribution >= 4 is 23.4 Å². The number of nitrogens with zero attached hydrogens (tertiary/aromatic N) is 1. The Hall–Kier alpha value is -1.47. The van der Waals surface area contributed by atoms with Gasteiger partial charge in [0.1, 0.15) is 6.07 Å². The van der Waals surface area contributed by atoms with Crippen LogP contribution in [0.1, 0.15) is 39.2 Å². The number of rotatable bonds is 7. The van der Waals surface area contributed by atoms with Gasteiger partial charge in [-0.3, -0.25) is 4.79 Å². The van der Waals surface area contributed by atoms with Gasteiger partial charge in [-0.25, -0.2) is 0 Å². The largest absolute Gasteiger partial charge is 0.325 e. The Morgan fingerprint density at radius 2 is 2.05 bits per heavy atom. The molecule has 0 spiro atoms. The van der Waals surface area contributed by atoms with Crippen molar-refractivity contribution in [2.45, 2.75) is 38.9 Å². The molecule has 1 amide bonds. The average Bonchev–Trinajstić information content (AvgIpc) is 2.43. The van der Waals surface area contributed by atoms with Crippen molar-refractivity contribution in [2.75, 3.05) is 11.1 Å². The third-order valence-electron chi connectivity index (χ3n) is 3.19. The molecule has 0 saturated carbocycles. The van der Waals surface area contributed by atoms with Crippen molar-refractivity contribution in [3.63, 3.8) is 0 Å². The highest BCUT2D eigenvalue weighted by molar-refractivity contribution is 7.99. The number of benzene rings is 1. The van der Waals surface area contributed by atoms with Crippen LogP contribution in [-0.2, 0) is 4.79 Å². The molecule has 1 aromatic carbocycles. The lowest BCUT2D eigenvalue weighted by Crippen LogP contribution is -2.13. The zero-order valence-electron chi connectivity index (χ0n) is 12.3. The molecule has 0 aliphatic carbocycles. The summed E-state index contributed by atoms with van der Waals surface area (Å²) >= 11 is 1.91. The summed E-state index contributed by atoms with van der Waals surface area (Å²) < 4.78 is 0. The highest BCUT2D eigenvalue weighted by Gasteiger charge is 2.09. The smallest absolute Gasteiger partial charge is 0.224 e. The fourth-order valence-corrected chi connectivity index (χ4v) is 2.66. The molecule has 1 rings (SSSR count). The molecule has 0 heterocycles. The van der Waals surface area contributed by atoms with Crippen LogP contribution in [0.4, 0.5) is 5.69 Å². The van der Waals surface area contributed by atoms with Gasteiger partial charge in [-0.05, 0) is 30.2 Å². The third-order valence-corrected chi connectivity index (χ3v) is 4.78. The van der Waals surface area contributed by atoms with Crippen molar-refractivity contribution in [1.82, 2.24) is 0 Å². The Bertz CT molecular complexity index is 480. The average molecular weight is 290 g/mol. The summed E-state index contributed by atoms with van der Waals surface area (Å²) in [5.41, 5.74) is 1.10. The fourth-order valence-electron chi connectivity index (χ4n) is 1.60. The fraction of sp³-hybridized carbons (Fsp3) is 0.500. The van der Waals surface area contributed by atoms with Crippen molar-refractivity contribution in [3.05, 3.63) is 29.8 Å². The number of amides is 1. The Morgan fingerprint density at radius 3 is 2.70 bits per heavy atom. The summed E-state index contributed by atoms with van der Waals surface area (Å²) in [6.07, 6.45) is 1.36. The lowest BCUT2D eigenvalue weighted by atomic mass is 10.2. The van der Waals surface area contributed by atoms with E-state index in [2.05, 4.69) is 32.2 Å². The summed E-state index contributed by atoms with van der Waals surface area (Å²) in [7, 11) is 0. The first-order valence-corrected chi connectivity index (χ1v) is 8.00. The minimum absolute atomic E-state index is 0.0227. The summed E-state index contributed by atoms with van der Waals surface area (Å²) in [6, 6.07) is 9.14. The van der Waals surface area contributed by atoms with Crippen molar-refractivity contribution in [1.29, 1.82) is 5.26 Å². The first-order valence-electron chi connectivity index (χ1n) is 6.95. The molecule has 0 radical (unpaired) electrons. The van der Waals surface area contributed by atoms with Crippen LogP contribution in [0.25, 0.3) is 0 Å². The van der Waals surface area contributed by atoms with Gasteiger partial charge < -0.3 is 5.32 Å². The molecule has 20 heavy (non-hydrogen) atoms. The molecule has 108 valence electrons. The van der Waals surface area contributed by atoms with Gasteiger partial charge in [0, 0.05) is 11.7 Å². The van der Waals surface area contributed by atoms with Gasteiger partial charge in [-0.1, -0.05) is 32.9 Å². The lowest BCUT2D eigenvalue weighted by Gasteiger charge is -2.14. The SMILES string of the molecule is CC(C)C(C)SCCCC(=O)Nc1ccccc1C#N. The van der Waals surface area contributed by atoms with E-state index >= 15 is 0 Å². The number of para-hydroxylation sites is 1. The first kappa shape index (κ1) is 16.6. The number of nitriles is 1. The molecule has 1 N–H and O–H groups in total. The van der Waals surface area contributed by atoms with E-state index in [9.17, 15) is 4.79 Å². The van der Waals surface area contributed by atoms with Crippen LogP contribution in [0.15, 0.2) is 24.3 Å². The molecular formula is C16H22N2OS. The number of hydrogen-bond acceptors (Lipinski definition) is 3. The molecule has 4 heteroatoms. The second kappa shape index (κ2) is 8.65. The van der Waals surface area contributed by atoms with E-state index in [1.165, 1.54) is 0 Å². The molecule has 3 nitrogen and oxygen atoms in total. The van der Waals surface area contributed by atoms with Crippen LogP contribution in [0, 0.1) is 17.2 Å². The van der Waals surface area contributed by atoms with Gasteiger partial charge in [0.15, 0.2) is 0 Å². The van der Waals surface area contributed by atoms with Crippen molar-refractivity contribution in [2.24, 2.45) is 5.92 Å². The van der Waals surface area contributed by atoms with Crippen molar-refractivity contribution in [3.8, 4) is 6.07 Å². The monoisotopic (exact) mass is 290 g/mol. The number of carbonyl (C=O) groups excluding carboxylic acids is 1. The van der Waals surface area contributed by atoms with Crippen LogP contribution in [0.2, 0.25) is 0 Å². The van der Waals surface area contributed by atoms with E-state index in [1.807, 2.05) is 17.8 Å². The second-order valence-electron chi connectivity index (χ2n) is 5.13. The summed E-state index contributed by atoms with van der Waals surface area (Å²) in [5, 5.41) is 12.4. The minimum atomic E-state index is -0.0227. The zero-order valence-corrected chi connectivity index (χ0v) is 13.2. The summed E-state index contributed by atoms with van der Waals surface area (Å²) in [5.74, 6) is 1.63. The molecule has 0 saturated heterocycles. The van der Waals surface area contributed by atoms with E-state index in [4.69, 9.17) is 5.26 Å². The maximum Gasteiger partial charge on any atom is 0.224 e. The van der Waals surface area contributed by atoms with Crippen LogP contribution in [-0.4, -0.2) is 16.9 Å². The number of hydrogen-bond donors (Lipinski definition) is 1. The molecular weight excluding hydrogens is 268 g/mol. The molecule has 0 aliphatic heterocycles. The van der Waals surface area contributed by atoms with E-state index in [1.54, 1.807) is 18.2 Å². The molecule has 0 aliphatic rings. The van der Waals surface area contributed by atoms with Gasteiger partial charge in [-0.15, -0.1) is 0 Å². The Kier molecular flexibility index (Phi) is 7.17. The van der Waals surface area contributed by atoms with Gasteiger partial charge in [-0.2, -0.15) is 17.0 Å². The highest BCUT2D eigenvalue weighted by Crippen LogP contribution is 2.20. The number of anilines is 1. The molecule has 1 aromatic rings. The standard InChI is InChI=1S/C16H22N2OS/c1-12(2)13(3)20-10-6-9-16(19)18-15-8-5-4-7-14(15)11-17/h4-5,7-8,12-13H,6,9-10H2,1-3H3,(H,18,19). The van der Waals surface area contributed by atoms with Crippen LogP contribution >= 0.6 is 11.8 Å². The summed E-state index contributed by atoms with van der Waals surface area (Å²) in [4.78, 5) is 11.8. The molecule has 0 aromatic heterocycles. The zero-order chi connectivity index (χ0) is 15.0. The van der Waals surface area contributed by atoms with Crippen LogP contribution < -0.4 is 5.32 Å². The van der Waals surface area contributed by atoms with E-state index in [-0.39, 0.29) is 5.91 Å². The van der Waals surface area contributed by atoms with Crippen LogP contribution in [0.3, 0.4) is 0 Å². The number of thioether (sulfide) groups is 1. The Morgan fingerprint density at radius 1 is 1.35 bits per heavy atom. The first-order chi connectivity index (χ1) is 9.54. The predicted octanol–water partition coefficient (Wildman–Crippen LogP) is 4.05. The third kappa shape index (κ3) is 5.66. The van der Waals surface area contributed by atoms with Gasteiger partial charge in [0.2, 0.25) is 5.91 Å². The normalized spacial score (nSPS) is 11.9. The molecule has 0 fully saturated rings. The highest BCUT2D eigenvalue weighted by atomic mass is 32.2. The lowest BCUT2D eigenvalue weighted by molar-refractivity contribution is -0.116. The summed E-state index contributed by atoms with van der Waals surface area (Å²) in [6.45, 7) is 6.64. The van der Waals surface area contributed by atoms with Crippen molar-refractivity contribution < 1.29 is 4.79 Å². The number of nitrogens with one attached hydrogen (secondary N) is 1. The predicted molar refractivity (Wildman–Crippen MR) is 85.8 cm³/mol.